The van der Waals surface area contributed by atoms with Gasteiger partial charge in [0, 0.05) is 6.42 Å². The maximum atomic E-state index is 12.0. The Morgan fingerprint density at radius 1 is 1.77 bits per heavy atom. The number of methoxy groups -OCH3 is 1. The number of esters is 1. The van der Waals surface area contributed by atoms with Crippen molar-refractivity contribution < 1.29 is 23.0 Å². The molecule has 1 rings (SSSR count). The van der Waals surface area contributed by atoms with Crippen LogP contribution in [0.3, 0.4) is 0 Å². The quantitative estimate of drug-likeness (QED) is 0.382. The van der Waals surface area contributed by atoms with E-state index in [9.17, 15) is 13.6 Å². The van der Waals surface area contributed by atoms with Gasteiger partial charge in [-0.1, -0.05) is 13.5 Å². The molecular formula is C8H12F2O3. The topological polar surface area (TPSA) is 38.8 Å². The van der Waals surface area contributed by atoms with Gasteiger partial charge in [-0.25, -0.2) is 9.18 Å². The highest BCUT2D eigenvalue weighted by molar-refractivity contribution is 5.84. The average Bonchev–Trinajstić information content (AvgIpc) is 2.84. The molecular weight excluding hydrogens is 182 g/mol. The van der Waals surface area contributed by atoms with E-state index in [0.717, 1.165) is 7.11 Å². The minimum atomic E-state index is -1.21. The first kappa shape index (κ1) is 12.0. The van der Waals surface area contributed by atoms with Gasteiger partial charge in [0.25, 0.3) is 0 Å². The second-order valence-corrected chi connectivity index (χ2v) is 2.42. The largest absolute Gasteiger partial charge is 0.464 e. The van der Waals surface area contributed by atoms with E-state index in [1.54, 1.807) is 6.92 Å². The van der Waals surface area contributed by atoms with Crippen LogP contribution in [0.2, 0.25) is 0 Å². The van der Waals surface area contributed by atoms with E-state index in [1.165, 1.54) is 0 Å². The van der Waals surface area contributed by atoms with Crippen LogP contribution in [0.15, 0.2) is 12.4 Å². The molecule has 13 heavy (non-hydrogen) atoms. The lowest BCUT2D eigenvalue weighted by Crippen LogP contribution is -1.97. The lowest BCUT2D eigenvalue weighted by atomic mass is 10.3. The summed E-state index contributed by atoms with van der Waals surface area (Å²) in [5, 5.41) is 0. The molecule has 0 radical (unpaired) electrons. The summed E-state index contributed by atoms with van der Waals surface area (Å²) in [6, 6.07) is 0. The van der Waals surface area contributed by atoms with Gasteiger partial charge in [0.15, 0.2) is 0 Å². The zero-order chi connectivity index (χ0) is 10.5. The molecule has 0 bridgehead atoms. The summed E-state index contributed by atoms with van der Waals surface area (Å²) < 4.78 is 31.7. The van der Waals surface area contributed by atoms with Gasteiger partial charge in [0.2, 0.25) is 11.7 Å². The van der Waals surface area contributed by atoms with E-state index in [1.807, 2.05) is 0 Å². The van der Waals surface area contributed by atoms with Crippen LogP contribution in [0, 0.1) is 0 Å². The van der Waals surface area contributed by atoms with Gasteiger partial charge in [-0.2, -0.15) is 4.39 Å². The molecule has 0 aromatic heterocycles. The van der Waals surface area contributed by atoms with Crippen LogP contribution in [-0.2, 0) is 14.3 Å². The lowest BCUT2D eigenvalue weighted by Gasteiger charge is -1.88. The molecule has 1 heterocycles. The molecule has 0 aromatic rings. The van der Waals surface area contributed by atoms with Crippen LogP contribution >= 0.6 is 0 Å². The molecule has 0 aromatic carbocycles. The van der Waals surface area contributed by atoms with E-state index in [-0.39, 0.29) is 0 Å². The fraction of sp³-hybridized carbons (Fsp3) is 0.625. The minimum absolute atomic E-state index is 0.309. The standard InChI is InChI=1S/C4H5FO2.C4H7FO/c1-3(5)4(6)7-2;1-2-4(5)3-6-4/h1H2,2H3;2-3H2,1H3. The number of carbonyl (C=O) groups excluding carboxylic acids is 1. The zero-order valence-electron chi connectivity index (χ0n) is 7.60. The number of rotatable bonds is 2. The third-order valence-corrected chi connectivity index (χ3v) is 1.39. The highest BCUT2D eigenvalue weighted by Crippen LogP contribution is 2.31. The van der Waals surface area contributed by atoms with Crippen LogP contribution in [0.1, 0.15) is 13.3 Å². The smallest absolute Gasteiger partial charge is 0.366 e. The maximum absolute atomic E-state index is 12.0. The van der Waals surface area contributed by atoms with Gasteiger partial charge in [-0.15, -0.1) is 0 Å². The molecule has 0 N–H and O–H groups in total. The maximum Gasteiger partial charge on any atom is 0.366 e. The molecule has 3 nitrogen and oxygen atoms in total. The minimum Gasteiger partial charge on any atom is -0.464 e. The van der Waals surface area contributed by atoms with E-state index in [4.69, 9.17) is 0 Å². The van der Waals surface area contributed by atoms with E-state index < -0.39 is 17.7 Å². The highest BCUT2D eigenvalue weighted by atomic mass is 19.2. The Hall–Kier alpha value is -0.970. The second-order valence-electron chi connectivity index (χ2n) is 2.42. The summed E-state index contributed by atoms with van der Waals surface area (Å²) >= 11 is 0. The number of carbonyl (C=O) groups is 1. The first-order chi connectivity index (χ1) is 5.95. The normalized spacial score (nSPS) is 24.0. The van der Waals surface area contributed by atoms with Gasteiger partial charge >= 0.3 is 5.97 Å². The molecule has 1 aliphatic heterocycles. The number of ether oxygens (including phenoxy) is 2. The number of epoxide rings is 1. The predicted octanol–water partition coefficient (Wildman–Crippen LogP) is 1.73. The van der Waals surface area contributed by atoms with Gasteiger partial charge in [-0.3, -0.25) is 0 Å². The Balaban J connectivity index is 0.000000223. The zero-order valence-corrected chi connectivity index (χ0v) is 7.60. The van der Waals surface area contributed by atoms with Crippen molar-refractivity contribution in [2.75, 3.05) is 13.7 Å². The average molecular weight is 194 g/mol. The predicted molar refractivity (Wildman–Crippen MR) is 42.3 cm³/mol. The molecule has 0 spiro atoms. The highest BCUT2D eigenvalue weighted by Gasteiger charge is 2.42. The summed E-state index contributed by atoms with van der Waals surface area (Å²) in [7, 11) is 1.09. The van der Waals surface area contributed by atoms with E-state index in [2.05, 4.69) is 16.1 Å². The number of alkyl halides is 1. The lowest BCUT2D eigenvalue weighted by molar-refractivity contribution is -0.137. The summed E-state index contributed by atoms with van der Waals surface area (Å²) in [4.78, 5) is 9.81. The van der Waals surface area contributed by atoms with E-state index in [0.29, 0.717) is 13.0 Å². The number of hydrogen-bond acceptors (Lipinski definition) is 3. The Kier molecular flexibility index (Phi) is 4.55. The number of halogens is 2. The van der Waals surface area contributed by atoms with Crippen LogP contribution in [-0.4, -0.2) is 25.5 Å². The van der Waals surface area contributed by atoms with Gasteiger partial charge in [0.1, 0.15) is 6.61 Å². The molecule has 1 atom stereocenters. The van der Waals surface area contributed by atoms with Crippen molar-refractivity contribution in [3.8, 4) is 0 Å². The fourth-order valence-electron chi connectivity index (χ4n) is 0.393. The Morgan fingerprint density at radius 2 is 2.23 bits per heavy atom. The first-order valence-corrected chi connectivity index (χ1v) is 3.71. The molecule has 1 aliphatic rings. The molecule has 1 unspecified atom stereocenters. The van der Waals surface area contributed by atoms with Crippen molar-refractivity contribution in [3.63, 3.8) is 0 Å². The van der Waals surface area contributed by atoms with E-state index >= 15 is 0 Å². The summed E-state index contributed by atoms with van der Waals surface area (Å²) in [5.41, 5.74) is 0. The second kappa shape index (κ2) is 4.91. The van der Waals surface area contributed by atoms with Crippen LogP contribution in [0.4, 0.5) is 8.78 Å². The summed E-state index contributed by atoms with van der Waals surface area (Å²) in [6.07, 6.45) is 0.493. The molecule has 5 heteroatoms. The van der Waals surface area contributed by atoms with Gasteiger partial charge in [0.05, 0.1) is 7.11 Å². The molecule has 1 saturated heterocycles. The summed E-state index contributed by atoms with van der Waals surface area (Å²) in [6.45, 7) is 4.76. The van der Waals surface area contributed by atoms with Crippen molar-refractivity contribution in [1.82, 2.24) is 0 Å². The molecule has 0 amide bonds. The third-order valence-electron chi connectivity index (χ3n) is 1.39. The van der Waals surface area contributed by atoms with Gasteiger partial charge in [-0.05, 0) is 0 Å². The monoisotopic (exact) mass is 194 g/mol. The molecule has 0 saturated carbocycles. The van der Waals surface area contributed by atoms with Crippen LogP contribution in [0.5, 0.6) is 0 Å². The van der Waals surface area contributed by atoms with Crippen LogP contribution < -0.4 is 0 Å². The van der Waals surface area contributed by atoms with Crippen molar-refractivity contribution in [2.24, 2.45) is 0 Å². The SMILES string of the molecule is C=C(F)C(=O)OC.CCC1(F)CO1. The number of hydrogen-bond donors (Lipinski definition) is 0. The molecule has 76 valence electrons. The third kappa shape index (κ3) is 5.30. The molecule has 1 fully saturated rings. The Labute approximate surface area is 75.3 Å². The molecule has 0 aliphatic carbocycles. The van der Waals surface area contributed by atoms with Crippen molar-refractivity contribution in [3.05, 3.63) is 12.4 Å². The van der Waals surface area contributed by atoms with Gasteiger partial charge < -0.3 is 9.47 Å². The Bertz CT molecular complexity index is 200. The fourth-order valence-corrected chi connectivity index (χ4v) is 0.393. The van der Waals surface area contributed by atoms with Crippen molar-refractivity contribution >= 4 is 5.97 Å². The summed E-state index contributed by atoms with van der Waals surface area (Å²) in [5.74, 6) is -3.29. The first-order valence-electron chi connectivity index (χ1n) is 3.71. The van der Waals surface area contributed by atoms with Crippen LogP contribution in [0.25, 0.3) is 0 Å². The Morgan fingerprint density at radius 3 is 2.23 bits per heavy atom. The van der Waals surface area contributed by atoms with Crippen molar-refractivity contribution in [2.45, 2.75) is 19.2 Å². The van der Waals surface area contributed by atoms with Crippen molar-refractivity contribution in [1.29, 1.82) is 0 Å².